The number of hydrogen-bond donors (Lipinski definition) is 1. The van der Waals surface area contributed by atoms with Crippen LogP contribution in [0.5, 0.6) is 5.75 Å². The molecule has 0 aliphatic heterocycles. The molecule has 3 rings (SSSR count). The molecule has 0 radical (unpaired) electrons. The Balaban J connectivity index is 1.52. The van der Waals surface area contributed by atoms with Gasteiger partial charge in [0.15, 0.2) is 6.61 Å². The van der Waals surface area contributed by atoms with Crippen molar-refractivity contribution >= 4 is 16.9 Å². The summed E-state index contributed by atoms with van der Waals surface area (Å²) in [5.41, 5.74) is 3.39. The smallest absolute Gasteiger partial charge is 0.422 e. The number of hydrogen-bond acceptors (Lipinski definition) is 3. The molecule has 142 valence electrons. The SMILES string of the molecule is Cc1ccc2c(CC(=O)NCc3ccc(OCC(F)(F)F)cc3)coc2c1. The maximum atomic E-state index is 12.2. The molecule has 0 aliphatic rings. The summed E-state index contributed by atoms with van der Waals surface area (Å²) in [6.07, 6.45) is -2.61. The van der Waals surface area contributed by atoms with Crippen LogP contribution in [0.15, 0.2) is 53.1 Å². The quantitative estimate of drug-likeness (QED) is 0.686. The minimum atomic E-state index is -4.37. The van der Waals surface area contributed by atoms with Crippen LogP contribution in [-0.2, 0) is 17.8 Å². The molecule has 0 spiro atoms. The normalized spacial score (nSPS) is 11.6. The number of alkyl halides is 3. The summed E-state index contributed by atoms with van der Waals surface area (Å²) in [5, 5.41) is 3.69. The third kappa shape index (κ3) is 5.26. The predicted octanol–water partition coefficient (Wildman–Crippen LogP) is 4.54. The zero-order valence-electron chi connectivity index (χ0n) is 14.6. The van der Waals surface area contributed by atoms with Crippen LogP contribution in [0, 0.1) is 6.92 Å². The lowest BCUT2D eigenvalue weighted by atomic mass is 10.1. The molecule has 1 amide bonds. The van der Waals surface area contributed by atoms with E-state index in [-0.39, 0.29) is 24.6 Å². The van der Waals surface area contributed by atoms with Crippen LogP contribution in [0.3, 0.4) is 0 Å². The number of ether oxygens (including phenoxy) is 1. The zero-order chi connectivity index (χ0) is 19.4. The van der Waals surface area contributed by atoms with Crippen LogP contribution in [0.1, 0.15) is 16.7 Å². The summed E-state index contributed by atoms with van der Waals surface area (Å²) in [5.74, 6) is -0.0433. The average molecular weight is 377 g/mol. The summed E-state index contributed by atoms with van der Waals surface area (Å²) >= 11 is 0. The molecule has 4 nitrogen and oxygen atoms in total. The highest BCUT2D eigenvalue weighted by Crippen LogP contribution is 2.23. The molecule has 1 N–H and O–H groups in total. The van der Waals surface area contributed by atoms with Crippen molar-refractivity contribution in [2.75, 3.05) is 6.61 Å². The monoisotopic (exact) mass is 377 g/mol. The van der Waals surface area contributed by atoms with Gasteiger partial charge in [-0.3, -0.25) is 4.79 Å². The van der Waals surface area contributed by atoms with Crippen LogP contribution < -0.4 is 10.1 Å². The van der Waals surface area contributed by atoms with E-state index in [4.69, 9.17) is 4.42 Å². The fraction of sp³-hybridized carbons (Fsp3) is 0.250. The number of halogens is 3. The maximum Gasteiger partial charge on any atom is 0.422 e. The van der Waals surface area contributed by atoms with E-state index in [1.807, 2.05) is 25.1 Å². The van der Waals surface area contributed by atoms with Crippen LogP contribution in [0.4, 0.5) is 13.2 Å². The van der Waals surface area contributed by atoms with E-state index in [0.29, 0.717) is 0 Å². The van der Waals surface area contributed by atoms with Gasteiger partial charge in [0.1, 0.15) is 11.3 Å². The average Bonchev–Trinajstić information content (AvgIpc) is 3.00. The highest BCUT2D eigenvalue weighted by molar-refractivity contribution is 5.87. The number of nitrogens with one attached hydrogen (secondary N) is 1. The second-order valence-electron chi connectivity index (χ2n) is 6.26. The van der Waals surface area contributed by atoms with Crippen molar-refractivity contribution in [2.45, 2.75) is 26.1 Å². The Morgan fingerprint density at radius 3 is 2.59 bits per heavy atom. The second kappa shape index (κ2) is 7.73. The van der Waals surface area contributed by atoms with Gasteiger partial charge in [0.05, 0.1) is 12.7 Å². The predicted molar refractivity (Wildman–Crippen MR) is 94.5 cm³/mol. The highest BCUT2D eigenvalue weighted by atomic mass is 19.4. The highest BCUT2D eigenvalue weighted by Gasteiger charge is 2.28. The second-order valence-corrected chi connectivity index (χ2v) is 6.26. The molecule has 2 aromatic carbocycles. The summed E-state index contributed by atoms with van der Waals surface area (Å²) < 4.78 is 46.5. The van der Waals surface area contributed by atoms with Crippen LogP contribution in [-0.4, -0.2) is 18.7 Å². The molecule has 27 heavy (non-hydrogen) atoms. The van der Waals surface area contributed by atoms with Crippen molar-refractivity contribution in [3.05, 3.63) is 65.4 Å². The summed E-state index contributed by atoms with van der Waals surface area (Å²) in [4.78, 5) is 12.2. The molecule has 0 bridgehead atoms. The molecule has 1 aromatic heterocycles. The van der Waals surface area contributed by atoms with Gasteiger partial charge in [0.25, 0.3) is 0 Å². The van der Waals surface area contributed by atoms with E-state index in [9.17, 15) is 18.0 Å². The van der Waals surface area contributed by atoms with Crippen molar-refractivity contribution in [3.63, 3.8) is 0 Å². The summed E-state index contributed by atoms with van der Waals surface area (Å²) in [6, 6.07) is 11.9. The Bertz CT molecular complexity index is 930. The molecule has 0 saturated heterocycles. The van der Waals surface area contributed by atoms with Gasteiger partial charge in [-0.05, 0) is 36.2 Å². The molecule has 0 aliphatic carbocycles. The maximum absolute atomic E-state index is 12.2. The largest absolute Gasteiger partial charge is 0.484 e. The van der Waals surface area contributed by atoms with E-state index >= 15 is 0 Å². The van der Waals surface area contributed by atoms with Gasteiger partial charge in [-0.25, -0.2) is 0 Å². The van der Waals surface area contributed by atoms with Crippen LogP contribution >= 0.6 is 0 Å². The van der Waals surface area contributed by atoms with E-state index in [1.54, 1.807) is 18.4 Å². The van der Waals surface area contributed by atoms with Crippen LogP contribution in [0.25, 0.3) is 11.0 Å². The van der Waals surface area contributed by atoms with Crippen LogP contribution in [0.2, 0.25) is 0 Å². The van der Waals surface area contributed by atoms with E-state index in [0.717, 1.165) is 27.7 Å². The lowest BCUT2D eigenvalue weighted by Crippen LogP contribution is -2.24. The first kappa shape index (κ1) is 18.8. The number of benzene rings is 2. The molecule has 1 heterocycles. The number of carbonyl (C=O) groups excluding carboxylic acids is 1. The molecule has 0 fully saturated rings. The van der Waals surface area contributed by atoms with Gasteiger partial charge in [0, 0.05) is 17.5 Å². The molecular formula is C20H18F3NO3. The Morgan fingerprint density at radius 1 is 1.15 bits per heavy atom. The first-order valence-electron chi connectivity index (χ1n) is 8.32. The van der Waals surface area contributed by atoms with E-state index in [2.05, 4.69) is 10.1 Å². The summed E-state index contributed by atoms with van der Waals surface area (Å²) in [7, 11) is 0. The first-order valence-corrected chi connectivity index (χ1v) is 8.32. The lowest BCUT2D eigenvalue weighted by Gasteiger charge is -2.10. The molecule has 0 atom stereocenters. The molecule has 0 unspecified atom stereocenters. The molecular weight excluding hydrogens is 359 g/mol. The Morgan fingerprint density at radius 2 is 1.89 bits per heavy atom. The van der Waals surface area contributed by atoms with Crippen molar-refractivity contribution in [1.82, 2.24) is 5.32 Å². The number of furan rings is 1. The number of carbonyl (C=O) groups is 1. The third-order valence-corrected chi connectivity index (χ3v) is 3.98. The zero-order valence-corrected chi connectivity index (χ0v) is 14.6. The number of amides is 1. The lowest BCUT2D eigenvalue weighted by molar-refractivity contribution is -0.153. The topological polar surface area (TPSA) is 51.5 Å². The standard InChI is InChI=1S/C20H18F3NO3/c1-13-2-7-17-15(11-26-18(17)8-13)9-19(25)24-10-14-3-5-16(6-4-14)27-12-20(21,22)23/h2-8,11H,9-10,12H2,1H3,(H,24,25). The van der Waals surface area contributed by atoms with E-state index in [1.165, 1.54) is 12.1 Å². The van der Waals surface area contributed by atoms with Gasteiger partial charge in [-0.15, -0.1) is 0 Å². The van der Waals surface area contributed by atoms with Crippen molar-refractivity contribution in [2.24, 2.45) is 0 Å². The minimum Gasteiger partial charge on any atom is -0.484 e. The number of fused-ring (bicyclic) bond motifs is 1. The fourth-order valence-electron chi connectivity index (χ4n) is 2.63. The van der Waals surface area contributed by atoms with Gasteiger partial charge in [-0.1, -0.05) is 24.3 Å². The van der Waals surface area contributed by atoms with Crippen molar-refractivity contribution in [3.8, 4) is 5.75 Å². The Hall–Kier alpha value is -2.96. The molecule has 3 aromatic rings. The van der Waals surface area contributed by atoms with Gasteiger partial charge in [0.2, 0.25) is 5.91 Å². The fourth-order valence-corrected chi connectivity index (χ4v) is 2.63. The van der Waals surface area contributed by atoms with E-state index < -0.39 is 12.8 Å². The molecule has 0 saturated carbocycles. The Labute approximate surface area is 153 Å². The van der Waals surface area contributed by atoms with Crippen molar-refractivity contribution in [1.29, 1.82) is 0 Å². The van der Waals surface area contributed by atoms with Gasteiger partial charge >= 0.3 is 6.18 Å². The van der Waals surface area contributed by atoms with Crippen molar-refractivity contribution < 1.29 is 27.1 Å². The molecule has 7 heteroatoms. The minimum absolute atomic E-state index is 0.127. The van der Waals surface area contributed by atoms with Gasteiger partial charge in [-0.2, -0.15) is 13.2 Å². The van der Waals surface area contributed by atoms with Gasteiger partial charge < -0.3 is 14.5 Å². The number of aryl methyl sites for hydroxylation is 1. The third-order valence-electron chi connectivity index (χ3n) is 3.98. The Kier molecular flexibility index (Phi) is 5.39. The summed E-state index contributed by atoms with van der Waals surface area (Å²) in [6.45, 7) is 0.905. The first-order chi connectivity index (χ1) is 12.8. The number of rotatable bonds is 6.